The summed E-state index contributed by atoms with van der Waals surface area (Å²) in [6, 6.07) is 16.0. The fourth-order valence-corrected chi connectivity index (χ4v) is 2.45. The minimum Gasteiger partial charge on any atom is -0.462 e. The second-order valence-corrected chi connectivity index (χ2v) is 6.45. The summed E-state index contributed by atoms with van der Waals surface area (Å²) in [5.41, 5.74) is 1.81. The maximum absolute atomic E-state index is 12.5. The summed E-state index contributed by atoms with van der Waals surface area (Å²) in [6.45, 7) is 4.71. The molecule has 2 aromatic rings. The molecule has 0 N–H and O–H groups in total. The van der Waals surface area contributed by atoms with Crippen molar-refractivity contribution in [3.8, 4) is 0 Å². The summed E-state index contributed by atoms with van der Waals surface area (Å²) >= 11 is 0. The minimum absolute atomic E-state index is 0.122. The van der Waals surface area contributed by atoms with Gasteiger partial charge in [0.25, 0.3) is 5.91 Å². The van der Waals surface area contributed by atoms with Crippen LogP contribution in [0.2, 0.25) is 0 Å². The van der Waals surface area contributed by atoms with Gasteiger partial charge in [0.2, 0.25) is 0 Å². The smallest absolute Gasteiger partial charge is 0.338 e. The van der Waals surface area contributed by atoms with Crippen LogP contribution >= 0.6 is 0 Å². The third-order valence-corrected chi connectivity index (χ3v) is 3.97. The first-order chi connectivity index (χ1) is 12.0. The first kappa shape index (κ1) is 18.7. The predicted molar refractivity (Wildman–Crippen MR) is 100.0 cm³/mol. The number of rotatable bonds is 7. The Hall–Kier alpha value is -2.62. The normalized spacial score (nSPS) is 10.6. The number of anilines is 1. The van der Waals surface area contributed by atoms with Crippen molar-refractivity contribution in [2.24, 2.45) is 5.92 Å². The Labute approximate surface area is 149 Å². The SMILES string of the molecule is CC(C)CCCOC(=O)c1ccc(C(=O)N(C)c2ccccc2)cc1. The van der Waals surface area contributed by atoms with Crippen LogP contribution in [-0.2, 0) is 4.74 Å². The topological polar surface area (TPSA) is 46.6 Å². The zero-order chi connectivity index (χ0) is 18.2. The number of benzene rings is 2. The highest BCUT2D eigenvalue weighted by molar-refractivity contribution is 6.06. The number of ether oxygens (including phenoxy) is 1. The van der Waals surface area contributed by atoms with Gasteiger partial charge in [-0.05, 0) is 55.2 Å². The molecule has 2 rings (SSSR count). The van der Waals surface area contributed by atoms with Crippen LogP contribution in [0.4, 0.5) is 5.69 Å². The van der Waals surface area contributed by atoms with Gasteiger partial charge in [-0.3, -0.25) is 4.79 Å². The third-order valence-electron chi connectivity index (χ3n) is 3.97. The van der Waals surface area contributed by atoms with E-state index in [1.165, 1.54) is 0 Å². The molecule has 0 unspecified atom stereocenters. The van der Waals surface area contributed by atoms with Crippen LogP contribution in [0.5, 0.6) is 0 Å². The van der Waals surface area contributed by atoms with Gasteiger partial charge in [0.15, 0.2) is 0 Å². The third kappa shape index (κ3) is 5.45. The average molecular weight is 339 g/mol. The molecule has 0 saturated carbocycles. The molecule has 4 heteroatoms. The van der Waals surface area contributed by atoms with Gasteiger partial charge in [-0.25, -0.2) is 4.79 Å². The lowest BCUT2D eigenvalue weighted by Gasteiger charge is -2.17. The molecule has 132 valence electrons. The van der Waals surface area contributed by atoms with Crippen LogP contribution < -0.4 is 4.90 Å². The Bertz CT molecular complexity index is 693. The van der Waals surface area contributed by atoms with Crippen LogP contribution in [0.15, 0.2) is 54.6 Å². The van der Waals surface area contributed by atoms with Gasteiger partial charge >= 0.3 is 5.97 Å². The first-order valence-electron chi connectivity index (χ1n) is 8.59. The summed E-state index contributed by atoms with van der Waals surface area (Å²) < 4.78 is 5.26. The predicted octanol–water partition coefficient (Wildman–Crippen LogP) is 4.56. The van der Waals surface area contributed by atoms with E-state index in [0.717, 1.165) is 18.5 Å². The maximum Gasteiger partial charge on any atom is 0.338 e. The van der Waals surface area contributed by atoms with Crippen molar-refractivity contribution in [3.05, 3.63) is 65.7 Å². The van der Waals surface area contributed by atoms with Gasteiger partial charge < -0.3 is 9.64 Å². The number of nitrogens with zero attached hydrogens (tertiary/aromatic N) is 1. The zero-order valence-corrected chi connectivity index (χ0v) is 15.1. The molecule has 0 bridgehead atoms. The minimum atomic E-state index is -0.348. The zero-order valence-electron chi connectivity index (χ0n) is 15.1. The van der Waals surface area contributed by atoms with Crippen molar-refractivity contribution in [2.45, 2.75) is 26.7 Å². The fraction of sp³-hybridized carbons (Fsp3) is 0.333. The molecule has 0 aliphatic rings. The van der Waals surface area contributed by atoms with E-state index in [9.17, 15) is 9.59 Å². The van der Waals surface area contributed by atoms with E-state index in [-0.39, 0.29) is 11.9 Å². The van der Waals surface area contributed by atoms with Gasteiger partial charge in [0.1, 0.15) is 0 Å². The monoisotopic (exact) mass is 339 g/mol. The lowest BCUT2D eigenvalue weighted by Crippen LogP contribution is -2.26. The number of para-hydroxylation sites is 1. The van der Waals surface area contributed by atoms with Crippen molar-refractivity contribution in [3.63, 3.8) is 0 Å². The molecule has 0 radical (unpaired) electrons. The first-order valence-corrected chi connectivity index (χ1v) is 8.59. The van der Waals surface area contributed by atoms with Crippen LogP contribution in [0.1, 0.15) is 47.4 Å². The van der Waals surface area contributed by atoms with E-state index in [4.69, 9.17) is 4.74 Å². The number of carbonyl (C=O) groups is 2. The molecule has 1 amide bonds. The second-order valence-electron chi connectivity index (χ2n) is 6.45. The van der Waals surface area contributed by atoms with Crippen molar-refractivity contribution in [1.82, 2.24) is 0 Å². The highest BCUT2D eigenvalue weighted by Crippen LogP contribution is 2.15. The van der Waals surface area contributed by atoms with E-state index >= 15 is 0 Å². The summed E-state index contributed by atoms with van der Waals surface area (Å²) in [4.78, 5) is 26.1. The molecule has 0 fully saturated rings. The average Bonchev–Trinajstić information content (AvgIpc) is 2.64. The highest BCUT2D eigenvalue weighted by atomic mass is 16.5. The Morgan fingerprint density at radius 3 is 2.16 bits per heavy atom. The molecule has 0 aromatic heterocycles. The van der Waals surface area contributed by atoms with E-state index in [1.807, 2.05) is 30.3 Å². The number of esters is 1. The van der Waals surface area contributed by atoms with Gasteiger partial charge in [-0.2, -0.15) is 0 Å². The van der Waals surface area contributed by atoms with Gasteiger partial charge in [0, 0.05) is 18.3 Å². The number of amides is 1. The standard InChI is InChI=1S/C21H25NO3/c1-16(2)8-7-15-25-21(24)18-13-11-17(12-14-18)20(23)22(3)19-9-5-4-6-10-19/h4-6,9-14,16H,7-8,15H2,1-3H3. The van der Waals surface area contributed by atoms with E-state index in [0.29, 0.717) is 23.7 Å². The van der Waals surface area contributed by atoms with Crippen LogP contribution in [0.3, 0.4) is 0 Å². The number of carbonyl (C=O) groups excluding carboxylic acids is 2. The van der Waals surface area contributed by atoms with Crippen LogP contribution in [-0.4, -0.2) is 25.5 Å². The molecule has 25 heavy (non-hydrogen) atoms. The number of hydrogen-bond donors (Lipinski definition) is 0. The quantitative estimate of drug-likeness (QED) is 0.549. The summed E-state index contributed by atoms with van der Waals surface area (Å²) in [6.07, 6.45) is 1.90. The molecule has 0 aliphatic carbocycles. The van der Waals surface area contributed by atoms with Crippen molar-refractivity contribution < 1.29 is 14.3 Å². The van der Waals surface area contributed by atoms with E-state index in [2.05, 4.69) is 13.8 Å². The van der Waals surface area contributed by atoms with Gasteiger partial charge in [0.05, 0.1) is 12.2 Å². The number of hydrogen-bond acceptors (Lipinski definition) is 3. The largest absolute Gasteiger partial charge is 0.462 e. The van der Waals surface area contributed by atoms with Crippen LogP contribution in [0.25, 0.3) is 0 Å². The summed E-state index contributed by atoms with van der Waals surface area (Å²) in [5.74, 6) is 0.132. The molecule has 0 spiro atoms. The van der Waals surface area contributed by atoms with Crippen molar-refractivity contribution in [2.75, 3.05) is 18.6 Å². The summed E-state index contributed by atoms with van der Waals surface area (Å²) in [7, 11) is 1.73. The molecule has 0 atom stereocenters. The Morgan fingerprint density at radius 2 is 1.56 bits per heavy atom. The Morgan fingerprint density at radius 1 is 0.960 bits per heavy atom. The van der Waals surface area contributed by atoms with E-state index < -0.39 is 0 Å². The molecule has 0 aliphatic heterocycles. The molecule has 2 aromatic carbocycles. The molecule has 0 heterocycles. The Kier molecular flexibility index (Phi) is 6.75. The molecule has 0 saturated heterocycles. The summed E-state index contributed by atoms with van der Waals surface area (Å²) in [5, 5.41) is 0. The lowest BCUT2D eigenvalue weighted by molar-refractivity contribution is 0.0494. The molecular formula is C21H25NO3. The fourth-order valence-electron chi connectivity index (χ4n) is 2.45. The van der Waals surface area contributed by atoms with Crippen molar-refractivity contribution in [1.29, 1.82) is 0 Å². The van der Waals surface area contributed by atoms with Crippen LogP contribution in [0, 0.1) is 5.92 Å². The van der Waals surface area contributed by atoms with Gasteiger partial charge in [-0.15, -0.1) is 0 Å². The molecular weight excluding hydrogens is 314 g/mol. The van der Waals surface area contributed by atoms with Gasteiger partial charge in [-0.1, -0.05) is 32.0 Å². The molecule has 4 nitrogen and oxygen atoms in total. The second kappa shape index (κ2) is 9.02. The highest BCUT2D eigenvalue weighted by Gasteiger charge is 2.14. The maximum atomic E-state index is 12.5. The Balaban J connectivity index is 1.95. The van der Waals surface area contributed by atoms with Crippen molar-refractivity contribution >= 4 is 17.6 Å². The lowest BCUT2D eigenvalue weighted by atomic mass is 10.1. The van der Waals surface area contributed by atoms with E-state index in [1.54, 1.807) is 36.2 Å².